The number of esters is 1. The van der Waals surface area contributed by atoms with Gasteiger partial charge in [0.15, 0.2) is 0 Å². The van der Waals surface area contributed by atoms with Crippen molar-refractivity contribution in [2.24, 2.45) is 0 Å². The van der Waals surface area contributed by atoms with Gasteiger partial charge >= 0.3 is 12.0 Å². The number of nitrogens with one attached hydrogen (secondary N) is 2. The predicted molar refractivity (Wildman–Crippen MR) is 128 cm³/mol. The van der Waals surface area contributed by atoms with Gasteiger partial charge in [-0.1, -0.05) is 54.6 Å². The van der Waals surface area contributed by atoms with E-state index in [1.54, 1.807) is 18.3 Å². The average molecular weight is 448 g/mol. The van der Waals surface area contributed by atoms with Crippen molar-refractivity contribution in [2.75, 3.05) is 7.11 Å². The van der Waals surface area contributed by atoms with E-state index in [1.807, 2.05) is 36.4 Å². The molecule has 1 atom stereocenters. The smallest absolute Gasteiger partial charge is 0.328 e. The van der Waals surface area contributed by atoms with Crippen molar-refractivity contribution in [3.63, 3.8) is 0 Å². The first-order valence-electron chi connectivity index (χ1n) is 10.4. The number of fused-ring (bicyclic) bond motifs is 1. The zero-order chi connectivity index (χ0) is 22.5. The van der Waals surface area contributed by atoms with E-state index >= 15 is 0 Å². The highest BCUT2D eigenvalue weighted by Crippen LogP contribution is 2.36. The molecule has 0 aliphatic carbocycles. The van der Waals surface area contributed by atoms with Gasteiger partial charge in [0.05, 0.1) is 17.7 Å². The molecule has 32 heavy (non-hydrogen) atoms. The van der Waals surface area contributed by atoms with Gasteiger partial charge in [-0.2, -0.15) is 0 Å². The fourth-order valence-electron chi connectivity index (χ4n) is 3.83. The lowest BCUT2D eigenvalue weighted by Crippen LogP contribution is -2.44. The van der Waals surface area contributed by atoms with E-state index in [1.165, 1.54) is 12.7 Å². The Bertz CT molecular complexity index is 1220. The number of hydrogen-bond donors (Lipinski definition) is 2. The number of nitrogens with zero attached hydrogens (tertiary/aromatic N) is 1. The van der Waals surface area contributed by atoms with Crippen LogP contribution in [-0.4, -0.2) is 29.7 Å². The minimum atomic E-state index is -0.726. The van der Waals surface area contributed by atoms with Crippen molar-refractivity contribution in [2.45, 2.75) is 26.1 Å². The summed E-state index contributed by atoms with van der Waals surface area (Å²) >= 11 is 1.67. The second kappa shape index (κ2) is 9.70. The summed E-state index contributed by atoms with van der Waals surface area (Å²) in [5, 5.41) is 8.68. The van der Waals surface area contributed by atoms with Crippen LogP contribution in [0.1, 0.15) is 18.1 Å². The van der Waals surface area contributed by atoms with E-state index in [9.17, 15) is 9.59 Å². The van der Waals surface area contributed by atoms with Crippen molar-refractivity contribution >= 4 is 34.2 Å². The Morgan fingerprint density at radius 3 is 2.50 bits per heavy atom. The monoisotopic (exact) mass is 447 g/mol. The second-order valence-electron chi connectivity index (χ2n) is 7.47. The van der Waals surface area contributed by atoms with Gasteiger partial charge in [0.2, 0.25) is 0 Å². The van der Waals surface area contributed by atoms with Gasteiger partial charge in [0.1, 0.15) is 6.04 Å². The summed E-state index contributed by atoms with van der Waals surface area (Å²) in [6.07, 6.45) is 0. The third kappa shape index (κ3) is 4.53. The highest BCUT2D eigenvalue weighted by Gasteiger charge is 2.21. The fourth-order valence-corrected chi connectivity index (χ4v) is 4.64. The molecular formula is C25H25N3O3S. The van der Waals surface area contributed by atoms with Gasteiger partial charge in [-0.25, -0.2) is 9.59 Å². The molecule has 0 aliphatic rings. The molecule has 2 amide bonds. The van der Waals surface area contributed by atoms with Crippen LogP contribution >= 0.6 is 11.3 Å². The van der Waals surface area contributed by atoms with E-state index < -0.39 is 18.0 Å². The Labute approximate surface area is 190 Å². The summed E-state index contributed by atoms with van der Waals surface area (Å²) in [4.78, 5) is 25.2. The van der Waals surface area contributed by atoms with Crippen LogP contribution < -0.4 is 10.6 Å². The molecule has 2 aromatic heterocycles. The van der Waals surface area contributed by atoms with Crippen LogP contribution in [0.4, 0.5) is 4.79 Å². The molecule has 0 saturated heterocycles. The summed E-state index contributed by atoms with van der Waals surface area (Å²) in [5.74, 6) is -0.487. The number of carbonyl (C=O) groups excluding carboxylic acids is 2. The molecule has 4 rings (SSSR count). The van der Waals surface area contributed by atoms with Crippen molar-refractivity contribution in [3.8, 4) is 10.6 Å². The summed E-state index contributed by atoms with van der Waals surface area (Å²) < 4.78 is 6.99. The number of methoxy groups -OCH3 is 1. The summed E-state index contributed by atoms with van der Waals surface area (Å²) in [5.41, 5.74) is 4.45. The zero-order valence-electron chi connectivity index (χ0n) is 18.0. The molecule has 0 spiro atoms. The number of aromatic nitrogens is 1. The fraction of sp³-hybridized carbons (Fsp3) is 0.200. The van der Waals surface area contributed by atoms with E-state index in [-0.39, 0.29) is 0 Å². The molecule has 0 fully saturated rings. The topological polar surface area (TPSA) is 72.4 Å². The second-order valence-corrected chi connectivity index (χ2v) is 8.41. The Morgan fingerprint density at radius 2 is 1.78 bits per heavy atom. The van der Waals surface area contributed by atoms with Crippen LogP contribution in [0.5, 0.6) is 0 Å². The molecule has 0 aliphatic heterocycles. The van der Waals surface area contributed by atoms with Gasteiger partial charge in [0.25, 0.3) is 0 Å². The first-order chi connectivity index (χ1) is 15.6. The number of thiophene rings is 1. The number of urea groups is 1. The number of rotatable bonds is 7. The normalized spacial score (nSPS) is 11.8. The largest absolute Gasteiger partial charge is 0.467 e. The average Bonchev–Trinajstić information content (AvgIpc) is 3.44. The Kier molecular flexibility index (Phi) is 6.56. The minimum Gasteiger partial charge on any atom is -0.467 e. The van der Waals surface area contributed by atoms with Crippen LogP contribution in [0.25, 0.3) is 21.5 Å². The number of para-hydroxylation sites is 1. The van der Waals surface area contributed by atoms with Gasteiger partial charge in [-0.05, 0) is 30.0 Å². The molecule has 0 saturated carbocycles. The summed E-state index contributed by atoms with van der Waals surface area (Å²) in [6.45, 7) is 2.64. The first kappa shape index (κ1) is 21.6. The number of carbonyl (C=O) groups is 2. The van der Waals surface area contributed by atoms with Gasteiger partial charge in [-0.3, -0.25) is 0 Å². The maximum atomic E-state index is 12.4. The van der Waals surface area contributed by atoms with Crippen molar-refractivity contribution < 1.29 is 14.3 Å². The molecule has 6 nitrogen and oxygen atoms in total. The number of ether oxygens (including phenoxy) is 1. The Hall–Kier alpha value is -3.58. The van der Waals surface area contributed by atoms with E-state index in [0.29, 0.717) is 6.54 Å². The molecule has 2 aromatic carbocycles. The summed E-state index contributed by atoms with van der Waals surface area (Å²) in [6, 6.07) is 21.6. The molecule has 0 unspecified atom stereocenters. The SMILES string of the molecule is COC(=O)[C@@H](C)NC(=O)NCc1c(-c2cccs2)n(Cc2ccccc2)c2ccccc12. The standard InChI is InChI=1S/C25H25N3O3S/c1-17(24(29)31-2)27-25(30)26-15-20-19-11-6-7-12-21(19)28(16-18-9-4-3-5-10-18)23(20)22-13-8-14-32-22/h3-14,17H,15-16H2,1-2H3,(H2,26,27,30)/t17-/m1/s1. The van der Waals surface area contributed by atoms with Gasteiger partial charge in [0, 0.05) is 29.6 Å². The molecule has 0 bridgehead atoms. The van der Waals surface area contributed by atoms with Gasteiger partial charge < -0.3 is 19.9 Å². The minimum absolute atomic E-state index is 0.329. The highest BCUT2D eigenvalue weighted by atomic mass is 32.1. The molecule has 7 heteroatoms. The molecule has 164 valence electrons. The Balaban J connectivity index is 1.71. The van der Waals surface area contributed by atoms with Crippen LogP contribution in [0, 0.1) is 0 Å². The highest BCUT2D eigenvalue weighted by molar-refractivity contribution is 7.13. The number of amides is 2. The molecule has 4 aromatic rings. The van der Waals surface area contributed by atoms with Crippen LogP contribution in [0.15, 0.2) is 72.1 Å². The number of hydrogen-bond acceptors (Lipinski definition) is 4. The van der Waals surface area contributed by atoms with Crippen LogP contribution in [0.2, 0.25) is 0 Å². The number of benzene rings is 2. The Morgan fingerprint density at radius 1 is 1.03 bits per heavy atom. The van der Waals surface area contributed by atoms with Crippen molar-refractivity contribution in [3.05, 3.63) is 83.2 Å². The van der Waals surface area contributed by atoms with E-state index in [4.69, 9.17) is 0 Å². The quantitative estimate of drug-likeness (QED) is 0.401. The molecule has 0 radical (unpaired) electrons. The van der Waals surface area contributed by atoms with E-state index in [0.717, 1.165) is 33.6 Å². The predicted octanol–water partition coefficient (Wildman–Crippen LogP) is 4.78. The molecule has 2 heterocycles. The zero-order valence-corrected chi connectivity index (χ0v) is 18.8. The third-order valence-corrected chi connectivity index (χ3v) is 6.22. The lowest BCUT2D eigenvalue weighted by molar-refractivity contribution is -0.142. The third-order valence-electron chi connectivity index (χ3n) is 5.34. The maximum absolute atomic E-state index is 12.4. The van der Waals surface area contributed by atoms with Crippen LogP contribution in [0.3, 0.4) is 0 Å². The summed E-state index contributed by atoms with van der Waals surface area (Å²) in [7, 11) is 1.30. The molecule has 2 N–H and O–H groups in total. The van der Waals surface area contributed by atoms with Crippen molar-refractivity contribution in [1.82, 2.24) is 15.2 Å². The van der Waals surface area contributed by atoms with Gasteiger partial charge in [-0.15, -0.1) is 11.3 Å². The lowest BCUT2D eigenvalue weighted by atomic mass is 10.1. The maximum Gasteiger partial charge on any atom is 0.328 e. The first-order valence-corrected chi connectivity index (χ1v) is 11.3. The lowest BCUT2D eigenvalue weighted by Gasteiger charge is -2.14. The molecular weight excluding hydrogens is 422 g/mol. The van der Waals surface area contributed by atoms with Crippen molar-refractivity contribution in [1.29, 1.82) is 0 Å². The van der Waals surface area contributed by atoms with Crippen LogP contribution in [-0.2, 0) is 22.6 Å². The van der Waals surface area contributed by atoms with E-state index in [2.05, 4.69) is 55.6 Å².